The summed E-state index contributed by atoms with van der Waals surface area (Å²) < 4.78 is 36.5. The Balaban J connectivity index is 1.81. The highest BCUT2D eigenvalue weighted by atomic mass is 35.5. The smallest absolute Gasteiger partial charge is 0.238 e. The van der Waals surface area contributed by atoms with Crippen LogP contribution in [0.3, 0.4) is 0 Å². The molecule has 3 aromatic rings. The van der Waals surface area contributed by atoms with Gasteiger partial charge in [-0.25, -0.2) is 22.9 Å². The highest BCUT2D eigenvalue weighted by Crippen LogP contribution is 2.35. The van der Waals surface area contributed by atoms with Crippen molar-refractivity contribution in [3.05, 3.63) is 94.8 Å². The van der Waals surface area contributed by atoms with Crippen molar-refractivity contribution >= 4 is 33.1 Å². The van der Waals surface area contributed by atoms with Crippen molar-refractivity contribution in [2.75, 3.05) is 11.4 Å². The van der Waals surface area contributed by atoms with Crippen molar-refractivity contribution in [3.8, 4) is 0 Å². The number of anilines is 1. The molecule has 1 heterocycles. The van der Waals surface area contributed by atoms with Gasteiger partial charge in [-0.2, -0.15) is 0 Å². The zero-order valence-corrected chi connectivity index (χ0v) is 17.1. The van der Waals surface area contributed by atoms with Gasteiger partial charge in [0, 0.05) is 21.8 Å². The van der Waals surface area contributed by atoms with E-state index in [4.69, 9.17) is 16.7 Å². The van der Waals surface area contributed by atoms with E-state index in [-0.39, 0.29) is 11.4 Å². The average Bonchev–Trinajstić information content (AvgIpc) is 3.07. The Bertz CT molecular complexity index is 1210. The maximum Gasteiger partial charge on any atom is 0.238 e. The van der Waals surface area contributed by atoms with Gasteiger partial charge in [0.05, 0.1) is 11.4 Å². The molecule has 1 aliphatic rings. The van der Waals surface area contributed by atoms with Gasteiger partial charge in [0.15, 0.2) is 0 Å². The number of aliphatic imine (C=N–C) groups is 1. The van der Waals surface area contributed by atoms with Crippen LogP contribution in [0.2, 0.25) is 5.02 Å². The summed E-state index contributed by atoms with van der Waals surface area (Å²) in [6.07, 6.45) is 0. The number of sulfonamides is 1. The van der Waals surface area contributed by atoms with E-state index in [1.54, 1.807) is 41.3 Å². The van der Waals surface area contributed by atoms with Gasteiger partial charge in [0.1, 0.15) is 11.7 Å². The lowest BCUT2D eigenvalue weighted by atomic mass is 10.0. The molecule has 9 heteroatoms. The van der Waals surface area contributed by atoms with Crippen LogP contribution in [0.1, 0.15) is 11.1 Å². The first kappa shape index (κ1) is 20.5. The first-order valence-corrected chi connectivity index (χ1v) is 10.8. The fraction of sp³-hybridized carbons (Fsp3) is 0.0952. The van der Waals surface area contributed by atoms with Gasteiger partial charge in [-0.1, -0.05) is 23.7 Å². The molecule has 3 N–H and O–H groups in total. The Labute approximate surface area is 178 Å². The molecule has 30 heavy (non-hydrogen) atoms. The van der Waals surface area contributed by atoms with Crippen LogP contribution in [0, 0.1) is 5.82 Å². The third kappa shape index (κ3) is 3.95. The molecular formula is C21H17ClFN3O3S. The molecule has 0 saturated heterocycles. The van der Waals surface area contributed by atoms with Crippen molar-refractivity contribution in [1.29, 1.82) is 0 Å². The van der Waals surface area contributed by atoms with Crippen LogP contribution in [-0.2, 0) is 15.7 Å². The molecule has 0 bridgehead atoms. The van der Waals surface area contributed by atoms with E-state index in [0.29, 0.717) is 22.0 Å². The summed E-state index contributed by atoms with van der Waals surface area (Å²) in [4.78, 5) is 6.28. The Hall–Kier alpha value is -2.78. The van der Waals surface area contributed by atoms with Crippen LogP contribution >= 0.6 is 11.6 Å². The normalized spacial score (nSPS) is 19.1. The molecule has 0 aliphatic carbocycles. The Morgan fingerprint density at radius 1 is 1.00 bits per heavy atom. The summed E-state index contributed by atoms with van der Waals surface area (Å²) in [5.41, 5.74) is 0.113. The van der Waals surface area contributed by atoms with Gasteiger partial charge in [-0.3, -0.25) is 0 Å². The van der Waals surface area contributed by atoms with Gasteiger partial charge in [0.25, 0.3) is 0 Å². The summed E-state index contributed by atoms with van der Waals surface area (Å²) in [6.45, 7) is 0.0759. The number of amidine groups is 1. The van der Waals surface area contributed by atoms with Gasteiger partial charge in [0.2, 0.25) is 15.7 Å². The minimum absolute atomic E-state index is 0.0308. The number of nitrogens with two attached hydrogens (primary N) is 1. The van der Waals surface area contributed by atoms with E-state index >= 15 is 0 Å². The van der Waals surface area contributed by atoms with E-state index in [0.717, 1.165) is 5.69 Å². The molecule has 0 amide bonds. The SMILES string of the molecule is NS(=O)(=O)c1ccc(C2=NC(O)(c3ccc(F)cc3)CN2c2ccc(Cl)cc2)cc1. The lowest BCUT2D eigenvalue weighted by Gasteiger charge is -2.24. The molecule has 1 unspecified atom stereocenters. The zero-order valence-electron chi connectivity index (χ0n) is 15.5. The standard InChI is InChI=1S/C21H17ClFN3O3S/c22-16-5-9-18(10-6-16)26-13-21(27,15-3-7-17(23)8-4-15)25-20(26)14-1-11-19(12-2-14)30(24,28)29/h1-12,27H,13H2,(H2,24,28,29). The quantitative estimate of drug-likeness (QED) is 0.644. The molecule has 1 atom stereocenters. The predicted octanol–water partition coefficient (Wildman–Crippen LogP) is 3.24. The minimum atomic E-state index is -3.84. The van der Waals surface area contributed by atoms with Crippen molar-refractivity contribution in [2.45, 2.75) is 10.6 Å². The highest BCUT2D eigenvalue weighted by Gasteiger charge is 2.40. The van der Waals surface area contributed by atoms with Crippen molar-refractivity contribution in [1.82, 2.24) is 0 Å². The molecule has 0 fully saturated rings. The average molecular weight is 446 g/mol. The molecule has 0 radical (unpaired) electrons. The number of benzene rings is 3. The number of aliphatic hydroxyl groups is 1. The van der Waals surface area contributed by atoms with Crippen molar-refractivity contribution < 1.29 is 17.9 Å². The minimum Gasteiger partial charge on any atom is -0.364 e. The summed E-state index contributed by atoms with van der Waals surface area (Å²) in [6, 6.07) is 18.4. The van der Waals surface area contributed by atoms with E-state index in [9.17, 15) is 17.9 Å². The first-order valence-electron chi connectivity index (χ1n) is 8.90. The van der Waals surface area contributed by atoms with Crippen LogP contribution in [-0.4, -0.2) is 25.9 Å². The van der Waals surface area contributed by atoms with Crippen LogP contribution < -0.4 is 10.0 Å². The lowest BCUT2D eigenvalue weighted by molar-refractivity contribution is 0.0647. The number of primary sulfonamides is 1. The fourth-order valence-corrected chi connectivity index (χ4v) is 3.93. The second-order valence-electron chi connectivity index (χ2n) is 6.89. The molecule has 4 rings (SSSR count). The molecule has 0 saturated carbocycles. The summed E-state index contributed by atoms with van der Waals surface area (Å²) in [7, 11) is -3.84. The largest absolute Gasteiger partial charge is 0.364 e. The van der Waals surface area contributed by atoms with E-state index in [2.05, 4.69) is 4.99 Å². The third-order valence-corrected chi connectivity index (χ3v) is 5.99. The van der Waals surface area contributed by atoms with Gasteiger partial charge in [-0.05, 0) is 60.7 Å². The maximum atomic E-state index is 13.4. The molecule has 0 spiro atoms. The van der Waals surface area contributed by atoms with Crippen molar-refractivity contribution in [3.63, 3.8) is 0 Å². The summed E-state index contributed by atoms with van der Waals surface area (Å²) in [5, 5.41) is 17.0. The zero-order chi connectivity index (χ0) is 21.5. The highest BCUT2D eigenvalue weighted by molar-refractivity contribution is 7.89. The van der Waals surface area contributed by atoms with Gasteiger partial charge in [-0.15, -0.1) is 0 Å². The van der Waals surface area contributed by atoms with Crippen LogP contribution in [0.4, 0.5) is 10.1 Å². The van der Waals surface area contributed by atoms with E-state index < -0.39 is 21.6 Å². The molecule has 0 aromatic heterocycles. The molecule has 154 valence electrons. The predicted molar refractivity (Wildman–Crippen MR) is 113 cm³/mol. The molecule has 3 aromatic carbocycles. The Morgan fingerprint density at radius 3 is 2.17 bits per heavy atom. The molecular weight excluding hydrogens is 429 g/mol. The van der Waals surface area contributed by atoms with Crippen molar-refractivity contribution in [2.24, 2.45) is 10.1 Å². The summed E-state index contributed by atoms with van der Waals surface area (Å²) in [5.74, 6) is 0.00260. The van der Waals surface area contributed by atoms with E-state index in [1.807, 2.05) is 0 Å². The number of nitrogens with zero attached hydrogens (tertiary/aromatic N) is 2. The van der Waals surface area contributed by atoms with Crippen LogP contribution in [0.15, 0.2) is 82.7 Å². The second kappa shape index (κ2) is 7.48. The van der Waals surface area contributed by atoms with Crippen LogP contribution in [0.25, 0.3) is 0 Å². The number of hydrogen-bond acceptors (Lipinski definition) is 5. The lowest BCUT2D eigenvalue weighted by Crippen LogP contribution is -2.34. The molecule has 1 aliphatic heterocycles. The fourth-order valence-electron chi connectivity index (χ4n) is 3.29. The Kier molecular flexibility index (Phi) is 5.11. The topological polar surface area (TPSA) is 96.0 Å². The second-order valence-corrected chi connectivity index (χ2v) is 8.89. The summed E-state index contributed by atoms with van der Waals surface area (Å²) >= 11 is 6.00. The number of hydrogen-bond donors (Lipinski definition) is 2. The van der Waals surface area contributed by atoms with Crippen LogP contribution in [0.5, 0.6) is 0 Å². The number of β-amino-alcohol motifs (C(OH)–C–C–N with tert-alkyl or cyclic N) is 1. The van der Waals surface area contributed by atoms with E-state index in [1.165, 1.54) is 36.4 Å². The number of rotatable bonds is 4. The van der Waals surface area contributed by atoms with Gasteiger partial charge < -0.3 is 10.0 Å². The number of halogens is 2. The molecule has 6 nitrogen and oxygen atoms in total. The maximum absolute atomic E-state index is 13.4. The third-order valence-electron chi connectivity index (χ3n) is 4.81. The monoisotopic (exact) mass is 445 g/mol. The first-order chi connectivity index (χ1) is 14.2. The van der Waals surface area contributed by atoms with Gasteiger partial charge >= 0.3 is 0 Å². The Morgan fingerprint density at radius 2 is 1.60 bits per heavy atom.